The summed E-state index contributed by atoms with van der Waals surface area (Å²) in [4.78, 5) is 32.8. The van der Waals surface area contributed by atoms with Gasteiger partial charge in [-0.2, -0.15) is 0 Å². The molecule has 112 valence electrons. The Hall–Kier alpha value is -2.84. The smallest absolute Gasteiger partial charge is 0.414 e. The van der Waals surface area contributed by atoms with Gasteiger partial charge in [0.05, 0.1) is 12.2 Å². The van der Waals surface area contributed by atoms with Crippen molar-refractivity contribution in [1.82, 2.24) is 4.98 Å². The van der Waals surface area contributed by atoms with E-state index < -0.39 is 12.1 Å². The molecule has 0 aromatic carbocycles. The van der Waals surface area contributed by atoms with Crippen LogP contribution in [-0.2, 0) is 9.57 Å². The van der Waals surface area contributed by atoms with Gasteiger partial charge >= 0.3 is 12.1 Å². The zero-order chi connectivity index (χ0) is 15.4. The van der Waals surface area contributed by atoms with E-state index in [1.807, 2.05) is 0 Å². The quantitative estimate of drug-likeness (QED) is 0.457. The lowest BCUT2D eigenvalue weighted by Crippen LogP contribution is -2.27. The van der Waals surface area contributed by atoms with Crippen LogP contribution >= 0.6 is 0 Å². The normalized spacial score (nSPS) is 15.0. The van der Waals surface area contributed by atoms with Crippen molar-refractivity contribution < 1.29 is 24.3 Å². The van der Waals surface area contributed by atoms with Gasteiger partial charge in [-0.15, -0.1) is 0 Å². The van der Waals surface area contributed by atoms with Crippen molar-refractivity contribution in [3.8, 4) is 0 Å². The SMILES string of the molecule is CCON=C(N)c1ccc(N2CCOC2=O)c(C(=O)O)n1. The average molecular weight is 294 g/mol. The second-order valence-corrected chi connectivity index (χ2v) is 4.03. The number of aromatic nitrogens is 1. The molecular formula is C12H14N4O5. The fourth-order valence-corrected chi connectivity index (χ4v) is 1.76. The molecule has 2 heterocycles. The molecule has 1 aromatic rings. The van der Waals surface area contributed by atoms with E-state index in [1.54, 1.807) is 6.92 Å². The van der Waals surface area contributed by atoms with Crippen LogP contribution in [0.3, 0.4) is 0 Å². The van der Waals surface area contributed by atoms with Crippen LogP contribution in [0.15, 0.2) is 17.3 Å². The second kappa shape index (κ2) is 6.07. The van der Waals surface area contributed by atoms with Gasteiger partial charge in [0.1, 0.15) is 18.9 Å². The molecule has 1 aromatic heterocycles. The van der Waals surface area contributed by atoms with Gasteiger partial charge < -0.3 is 20.4 Å². The van der Waals surface area contributed by atoms with Crippen LogP contribution in [0.1, 0.15) is 23.1 Å². The maximum absolute atomic E-state index is 11.5. The number of ether oxygens (including phenoxy) is 1. The van der Waals surface area contributed by atoms with Crippen molar-refractivity contribution in [1.29, 1.82) is 0 Å². The zero-order valence-electron chi connectivity index (χ0n) is 11.3. The number of nitrogens with two attached hydrogens (primary N) is 1. The molecule has 1 fully saturated rings. The fraction of sp³-hybridized carbons (Fsp3) is 0.333. The van der Waals surface area contributed by atoms with Crippen molar-refractivity contribution in [3.05, 3.63) is 23.5 Å². The van der Waals surface area contributed by atoms with Crippen molar-refractivity contribution in [2.24, 2.45) is 10.9 Å². The largest absolute Gasteiger partial charge is 0.476 e. The van der Waals surface area contributed by atoms with Gasteiger partial charge in [-0.1, -0.05) is 5.16 Å². The first-order valence-electron chi connectivity index (χ1n) is 6.19. The summed E-state index contributed by atoms with van der Waals surface area (Å²) < 4.78 is 4.78. The lowest BCUT2D eigenvalue weighted by molar-refractivity contribution is 0.0691. The predicted molar refractivity (Wildman–Crippen MR) is 72.2 cm³/mol. The van der Waals surface area contributed by atoms with E-state index in [0.717, 1.165) is 0 Å². The van der Waals surface area contributed by atoms with Gasteiger partial charge in [0, 0.05) is 0 Å². The summed E-state index contributed by atoms with van der Waals surface area (Å²) in [6, 6.07) is 2.90. The number of rotatable bonds is 5. The minimum Gasteiger partial charge on any atom is -0.476 e. The van der Waals surface area contributed by atoms with Crippen molar-refractivity contribution in [2.75, 3.05) is 24.7 Å². The Balaban J connectivity index is 2.40. The Morgan fingerprint density at radius 1 is 1.62 bits per heavy atom. The molecule has 1 saturated heterocycles. The van der Waals surface area contributed by atoms with E-state index in [9.17, 15) is 14.7 Å². The highest BCUT2D eigenvalue weighted by Crippen LogP contribution is 2.23. The maximum Gasteiger partial charge on any atom is 0.414 e. The third-order valence-electron chi connectivity index (χ3n) is 2.68. The number of cyclic esters (lactones) is 1. The average Bonchev–Trinajstić information content (AvgIpc) is 2.90. The standard InChI is InChI=1S/C12H14N4O5/c1-2-21-15-10(13)7-3-4-8(9(14-7)11(17)18)16-5-6-20-12(16)19/h3-4H,2,5-6H2,1H3,(H2,13,15)(H,17,18). The third kappa shape index (κ3) is 3.02. The van der Waals surface area contributed by atoms with Crippen molar-refractivity contribution in [3.63, 3.8) is 0 Å². The predicted octanol–water partition coefficient (Wildman–Crippen LogP) is 0.393. The topological polar surface area (TPSA) is 127 Å². The highest BCUT2D eigenvalue weighted by atomic mass is 16.6. The summed E-state index contributed by atoms with van der Waals surface area (Å²) >= 11 is 0. The molecule has 0 saturated carbocycles. The Morgan fingerprint density at radius 3 is 2.95 bits per heavy atom. The first-order valence-corrected chi connectivity index (χ1v) is 6.19. The Morgan fingerprint density at radius 2 is 2.38 bits per heavy atom. The highest BCUT2D eigenvalue weighted by molar-refractivity contribution is 6.01. The number of carbonyl (C=O) groups is 2. The maximum atomic E-state index is 11.5. The van der Waals surface area contributed by atoms with E-state index in [2.05, 4.69) is 10.1 Å². The fourth-order valence-electron chi connectivity index (χ4n) is 1.76. The van der Waals surface area contributed by atoms with E-state index in [-0.39, 0.29) is 36.1 Å². The number of nitrogens with zero attached hydrogens (tertiary/aromatic N) is 3. The number of pyridine rings is 1. The molecule has 0 radical (unpaired) electrons. The monoisotopic (exact) mass is 294 g/mol. The molecule has 1 amide bonds. The lowest BCUT2D eigenvalue weighted by Gasteiger charge is -2.15. The van der Waals surface area contributed by atoms with Gasteiger partial charge in [-0.25, -0.2) is 14.6 Å². The minimum absolute atomic E-state index is 0.0464. The molecule has 21 heavy (non-hydrogen) atoms. The number of carboxylic acids is 1. The van der Waals surface area contributed by atoms with Crippen LogP contribution in [0, 0.1) is 0 Å². The van der Waals surface area contributed by atoms with Crippen molar-refractivity contribution >= 4 is 23.6 Å². The number of hydrogen-bond acceptors (Lipinski definition) is 6. The molecule has 0 spiro atoms. The summed E-state index contributed by atoms with van der Waals surface area (Å²) in [5, 5.41) is 12.8. The summed E-state index contributed by atoms with van der Waals surface area (Å²) in [5.41, 5.74) is 5.64. The first-order chi connectivity index (χ1) is 10.0. The van der Waals surface area contributed by atoms with Crippen LogP contribution < -0.4 is 10.6 Å². The molecule has 0 unspecified atom stereocenters. The second-order valence-electron chi connectivity index (χ2n) is 4.03. The number of amides is 1. The van der Waals surface area contributed by atoms with Crippen LogP contribution in [0.2, 0.25) is 0 Å². The van der Waals surface area contributed by atoms with Gasteiger partial charge in [0.2, 0.25) is 0 Å². The van der Waals surface area contributed by atoms with E-state index in [0.29, 0.717) is 6.61 Å². The number of aromatic carboxylic acids is 1. The molecule has 3 N–H and O–H groups in total. The van der Waals surface area contributed by atoms with Crippen LogP contribution in [-0.4, -0.2) is 47.7 Å². The molecule has 0 bridgehead atoms. The van der Waals surface area contributed by atoms with Gasteiger partial charge in [0.25, 0.3) is 0 Å². The van der Waals surface area contributed by atoms with E-state index in [1.165, 1.54) is 17.0 Å². The van der Waals surface area contributed by atoms with Crippen LogP contribution in [0.25, 0.3) is 0 Å². The minimum atomic E-state index is -1.28. The van der Waals surface area contributed by atoms with Crippen molar-refractivity contribution in [2.45, 2.75) is 6.92 Å². The summed E-state index contributed by atoms with van der Waals surface area (Å²) in [5.74, 6) is -1.33. The van der Waals surface area contributed by atoms with E-state index >= 15 is 0 Å². The van der Waals surface area contributed by atoms with Gasteiger partial charge in [-0.05, 0) is 19.1 Å². The number of carbonyl (C=O) groups excluding carboxylic acids is 1. The molecule has 2 rings (SSSR count). The first kappa shape index (κ1) is 14.6. The van der Waals surface area contributed by atoms with E-state index in [4.69, 9.17) is 15.3 Å². The number of anilines is 1. The summed E-state index contributed by atoms with van der Waals surface area (Å²) in [6.07, 6.45) is -0.608. The van der Waals surface area contributed by atoms with Crippen LogP contribution in [0.5, 0.6) is 0 Å². The Kier molecular flexibility index (Phi) is 4.21. The summed E-state index contributed by atoms with van der Waals surface area (Å²) in [6.45, 7) is 2.52. The molecule has 9 heteroatoms. The molecule has 1 aliphatic rings. The molecule has 0 aliphatic carbocycles. The molecule has 9 nitrogen and oxygen atoms in total. The van der Waals surface area contributed by atoms with Crippen LogP contribution in [0.4, 0.5) is 10.5 Å². The number of carboxylic acid groups (broad SMARTS) is 1. The molecular weight excluding hydrogens is 280 g/mol. The Labute approximate surface area is 119 Å². The van der Waals surface area contributed by atoms with Gasteiger partial charge in [0.15, 0.2) is 11.5 Å². The number of hydrogen-bond donors (Lipinski definition) is 2. The molecule has 1 aliphatic heterocycles. The molecule has 0 atom stereocenters. The highest BCUT2D eigenvalue weighted by Gasteiger charge is 2.28. The van der Waals surface area contributed by atoms with Gasteiger partial charge in [-0.3, -0.25) is 4.90 Å². The third-order valence-corrected chi connectivity index (χ3v) is 2.68. The Bertz CT molecular complexity index is 601. The number of amidine groups is 1. The number of oxime groups is 1. The summed E-state index contributed by atoms with van der Waals surface area (Å²) in [7, 11) is 0. The zero-order valence-corrected chi connectivity index (χ0v) is 11.3. The lowest BCUT2D eigenvalue weighted by atomic mass is 10.2.